The molecule has 0 aliphatic rings. The predicted octanol–water partition coefficient (Wildman–Crippen LogP) is 4.62. The van der Waals surface area contributed by atoms with E-state index in [0.29, 0.717) is 11.3 Å². The minimum absolute atomic E-state index is 0.255. The van der Waals surface area contributed by atoms with E-state index in [2.05, 4.69) is 4.98 Å². The Kier molecular flexibility index (Phi) is 3.48. The van der Waals surface area contributed by atoms with Crippen molar-refractivity contribution in [3.8, 4) is 27.6 Å². The number of nitrogens with zero attached hydrogens (tertiary/aromatic N) is 1. The molecule has 0 radical (unpaired) electrons. The summed E-state index contributed by atoms with van der Waals surface area (Å²) >= 11 is 1.49. The van der Waals surface area contributed by atoms with Crippen LogP contribution >= 0.6 is 11.3 Å². The zero-order valence-electron chi connectivity index (χ0n) is 10.8. The van der Waals surface area contributed by atoms with E-state index in [9.17, 15) is 4.39 Å². The summed E-state index contributed by atoms with van der Waals surface area (Å²) in [5.41, 5.74) is 2.15. The number of benzene rings is 2. The molecule has 2 nitrogen and oxygen atoms in total. The summed E-state index contributed by atoms with van der Waals surface area (Å²) in [4.78, 5) is 4.51. The molecule has 2 aromatic carbocycles. The Morgan fingerprint density at radius 1 is 1.10 bits per heavy atom. The van der Waals surface area contributed by atoms with Gasteiger partial charge in [-0.3, -0.25) is 0 Å². The van der Waals surface area contributed by atoms with Crippen LogP contribution in [0.3, 0.4) is 0 Å². The molecule has 0 fully saturated rings. The Labute approximate surface area is 120 Å². The lowest BCUT2D eigenvalue weighted by molar-refractivity contribution is 0.415. The molecule has 0 saturated carbocycles. The van der Waals surface area contributed by atoms with Crippen molar-refractivity contribution in [2.45, 2.75) is 0 Å². The molecule has 0 atom stereocenters. The van der Waals surface area contributed by atoms with Gasteiger partial charge in [0.05, 0.1) is 12.8 Å². The van der Waals surface area contributed by atoms with Gasteiger partial charge in [0.1, 0.15) is 16.6 Å². The van der Waals surface area contributed by atoms with Gasteiger partial charge in [0, 0.05) is 16.5 Å². The fraction of sp³-hybridized carbons (Fsp3) is 0.0625. The van der Waals surface area contributed by atoms with Crippen molar-refractivity contribution in [1.82, 2.24) is 4.98 Å². The molecular formula is C16H12FNOS. The normalized spacial score (nSPS) is 10.5. The highest BCUT2D eigenvalue weighted by atomic mass is 32.1. The van der Waals surface area contributed by atoms with Gasteiger partial charge in [-0.1, -0.05) is 24.3 Å². The van der Waals surface area contributed by atoms with Gasteiger partial charge in [-0.2, -0.15) is 0 Å². The largest absolute Gasteiger partial charge is 0.497 e. The van der Waals surface area contributed by atoms with Crippen LogP contribution < -0.4 is 4.74 Å². The first kappa shape index (κ1) is 12.8. The van der Waals surface area contributed by atoms with Gasteiger partial charge in [-0.25, -0.2) is 9.37 Å². The lowest BCUT2D eigenvalue weighted by Gasteiger charge is -2.01. The lowest BCUT2D eigenvalue weighted by Crippen LogP contribution is -1.85. The van der Waals surface area contributed by atoms with E-state index in [1.807, 2.05) is 35.7 Å². The summed E-state index contributed by atoms with van der Waals surface area (Å²) in [6.07, 6.45) is 0. The van der Waals surface area contributed by atoms with Crippen LogP contribution in [0.25, 0.3) is 21.8 Å². The van der Waals surface area contributed by atoms with E-state index in [1.54, 1.807) is 19.2 Å². The van der Waals surface area contributed by atoms with Crippen molar-refractivity contribution in [1.29, 1.82) is 0 Å². The van der Waals surface area contributed by atoms with Crippen molar-refractivity contribution in [2.75, 3.05) is 7.11 Å². The average molecular weight is 285 g/mol. The second kappa shape index (κ2) is 5.43. The maximum atomic E-state index is 13.8. The highest BCUT2D eigenvalue weighted by molar-refractivity contribution is 7.13. The first-order valence-electron chi connectivity index (χ1n) is 6.13. The first-order valence-corrected chi connectivity index (χ1v) is 7.01. The Morgan fingerprint density at radius 2 is 1.95 bits per heavy atom. The molecule has 0 bridgehead atoms. The molecule has 0 amide bonds. The van der Waals surface area contributed by atoms with Crippen LogP contribution in [-0.2, 0) is 0 Å². The van der Waals surface area contributed by atoms with Crippen LogP contribution in [0.2, 0.25) is 0 Å². The second-order valence-corrected chi connectivity index (χ2v) is 5.11. The van der Waals surface area contributed by atoms with Gasteiger partial charge < -0.3 is 4.74 Å². The van der Waals surface area contributed by atoms with E-state index < -0.39 is 0 Å². The lowest BCUT2D eigenvalue weighted by atomic mass is 10.1. The third kappa shape index (κ3) is 2.42. The molecule has 3 aromatic rings. The third-order valence-corrected chi connectivity index (χ3v) is 3.86. The van der Waals surface area contributed by atoms with Crippen LogP contribution in [0.1, 0.15) is 0 Å². The monoisotopic (exact) mass is 285 g/mol. The second-order valence-electron chi connectivity index (χ2n) is 4.25. The minimum Gasteiger partial charge on any atom is -0.497 e. The molecule has 4 heteroatoms. The highest BCUT2D eigenvalue weighted by Crippen LogP contribution is 2.31. The van der Waals surface area contributed by atoms with Crippen molar-refractivity contribution >= 4 is 11.3 Å². The summed E-state index contributed by atoms with van der Waals surface area (Å²) in [5.74, 6) is 0.528. The standard InChI is InChI=1S/C16H12FNOS/c1-19-12-6-4-5-11(9-12)16-18-15(10-20-16)13-7-2-3-8-14(13)17/h2-10H,1H3. The summed E-state index contributed by atoms with van der Waals surface area (Å²) in [7, 11) is 1.63. The molecule has 0 saturated heterocycles. The Hall–Kier alpha value is -2.20. The van der Waals surface area contributed by atoms with Crippen LogP contribution in [0.4, 0.5) is 4.39 Å². The highest BCUT2D eigenvalue weighted by Gasteiger charge is 2.10. The number of hydrogen-bond donors (Lipinski definition) is 0. The van der Waals surface area contributed by atoms with E-state index in [-0.39, 0.29) is 5.82 Å². The van der Waals surface area contributed by atoms with E-state index in [0.717, 1.165) is 16.3 Å². The molecule has 1 heterocycles. The van der Waals surface area contributed by atoms with Gasteiger partial charge in [0.25, 0.3) is 0 Å². The van der Waals surface area contributed by atoms with E-state index >= 15 is 0 Å². The molecule has 0 N–H and O–H groups in total. The number of methoxy groups -OCH3 is 1. The Balaban J connectivity index is 2.00. The first-order chi connectivity index (χ1) is 9.78. The fourth-order valence-electron chi connectivity index (χ4n) is 1.96. The molecule has 0 aliphatic carbocycles. The summed E-state index contributed by atoms with van der Waals surface area (Å²) in [5, 5.41) is 2.72. The van der Waals surface area contributed by atoms with Gasteiger partial charge in [-0.15, -0.1) is 11.3 Å². The zero-order valence-corrected chi connectivity index (χ0v) is 11.7. The number of aromatic nitrogens is 1. The van der Waals surface area contributed by atoms with Crippen molar-refractivity contribution in [3.05, 3.63) is 59.7 Å². The molecule has 0 aliphatic heterocycles. The maximum absolute atomic E-state index is 13.8. The average Bonchev–Trinajstić information content (AvgIpc) is 2.97. The SMILES string of the molecule is COc1cccc(-c2nc(-c3ccccc3F)cs2)c1. The van der Waals surface area contributed by atoms with Gasteiger partial charge in [0.2, 0.25) is 0 Å². The fourth-order valence-corrected chi connectivity index (χ4v) is 2.77. The van der Waals surface area contributed by atoms with Crippen molar-refractivity contribution in [3.63, 3.8) is 0 Å². The number of thiazole rings is 1. The molecule has 100 valence electrons. The van der Waals surface area contributed by atoms with Gasteiger partial charge in [-0.05, 0) is 24.3 Å². The van der Waals surface area contributed by atoms with Crippen LogP contribution in [0, 0.1) is 5.82 Å². The third-order valence-electron chi connectivity index (χ3n) is 2.97. The summed E-state index contributed by atoms with van der Waals surface area (Å²) in [6, 6.07) is 14.3. The topological polar surface area (TPSA) is 22.1 Å². The zero-order chi connectivity index (χ0) is 13.9. The van der Waals surface area contributed by atoms with Crippen LogP contribution in [-0.4, -0.2) is 12.1 Å². The van der Waals surface area contributed by atoms with Gasteiger partial charge in [0.15, 0.2) is 0 Å². The van der Waals surface area contributed by atoms with Crippen molar-refractivity contribution in [2.24, 2.45) is 0 Å². The Morgan fingerprint density at radius 3 is 2.75 bits per heavy atom. The smallest absolute Gasteiger partial charge is 0.132 e. The molecule has 1 aromatic heterocycles. The number of hydrogen-bond acceptors (Lipinski definition) is 3. The van der Waals surface area contributed by atoms with Crippen LogP contribution in [0.5, 0.6) is 5.75 Å². The maximum Gasteiger partial charge on any atom is 0.132 e. The predicted molar refractivity (Wildman–Crippen MR) is 79.5 cm³/mol. The number of halogens is 1. The molecule has 3 rings (SSSR count). The van der Waals surface area contributed by atoms with Crippen molar-refractivity contribution < 1.29 is 9.13 Å². The number of rotatable bonds is 3. The van der Waals surface area contributed by atoms with E-state index in [4.69, 9.17) is 4.74 Å². The van der Waals surface area contributed by atoms with E-state index in [1.165, 1.54) is 17.4 Å². The molecular weight excluding hydrogens is 273 g/mol. The quantitative estimate of drug-likeness (QED) is 0.700. The molecule has 20 heavy (non-hydrogen) atoms. The minimum atomic E-state index is -0.255. The summed E-state index contributed by atoms with van der Waals surface area (Å²) < 4.78 is 19.0. The molecule has 0 unspecified atom stereocenters. The van der Waals surface area contributed by atoms with Crippen LogP contribution in [0.15, 0.2) is 53.9 Å². The van der Waals surface area contributed by atoms with Gasteiger partial charge >= 0.3 is 0 Å². The number of ether oxygens (including phenoxy) is 1. The summed E-state index contributed by atoms with van der Waals surface area (Å²) in [6.45, 7) is 0. The Bertz CT molecular complexity index is 739. The molecule has 0 spiro atoms.